The molecule has 4 rings (SSSR count). The third-order valence-corrected chi connectivity index (χ3v) is 4.10. The third kappa shape index (κ3) is 2.36. The van der Waals surface area contributed by atoms with Gasteiger partial charge in [-0.1, -0.05) is 30.3 Å². The van der Waals surface area contributed by atoms with Crippen molar-refractivity contribution in [2.75, 3.05) is 5.32 Å². The quantitative estimate of drug-likeness (QED) is 0.764. The van der Waals surface area contributed by atoms with Crippen molar-refractivity contribution in [1.29, 1.82) is 0 Å². The highest BCUT2D eigenvalue weighted by atomic mass is 16.3. The summed E-state index contributed by atoms with van der Waals surface area (Å²) in [5.41, 5.74) is 2.77. The van der Waals surface area contributed by atoms with E-state index in [2.05, 4.69) is 10.3 Å². The van der Waals surface area contributed by atoms with Gasteiger partial charge in [-0.05, 0) is 29.8 Å². The van der Waals surface area contributed by atoms with E-state index in [-0.39, 0.29) is 17.6 Å². The summed E-state index contributed by atoms with van der Waals surface area (Å²) in [4.78, 5) is 16.7. The molecule has 0 aliphatic carbocycles. The van der Waals surface area contributed by atoms with Crippen molar-refractivity contribution in [2.24, 2.45) is 0 Å². The summed E-state index contributed by atoms with van der Waals surface area (Å²) in [6.45, 7) is 0. The highest BCUT2D eigenvalue weighted by molar-refractivity contribution is 5.94. The Morgan fingerprint density at radius 2 is 1.83 bits per heavy atom. The minimum Gasteiger partial charge on any atom is -0.508 e. The van der Waals surface area contributed by atoms with E-state index in [0.29, 0.717) is 12.2 Å². The van der Waals surface area contributed by atoms with E-state index in [0.717, 1.165) is 16.9 Å². The molecule has 1 aromatic heterocycles. The number of para-hydroxylation sites is 1. The minimum absolute atomic E-state index is 0.0340. The number of nitrogens with zero attached hydrogens (tertiary/aromatic N) is 2. The van der Waals surface area contributed by atoms with Gasteiger partial charge in [0, 0.05) is 18.0 Å². The first-order chi connectivity index (χ1) is 11.2. The lowest BCUT2D eigenvalue weighted by Gasteiger charge is -2.23. The second-order valence-electron chi connectivity index (χ2n) is 5.58. The molecule has 0 saturated carbocycles. The molecule has 0 radical (unpaired) electrons. The maximum absolute atomic E-state index is 12.2. The molecule has 1 atom stereocenters. The van der Waals surface area contributed by atoms with Gasteiger partial charge in [0.15, 0.2) is 0 Å². The lowest BCUT2D eigenvalue weighted by molar-refractivity contribution is -0.116. The molecule has 1 aliphatic heterocycles. The van der Waals surface area contributed by atoms with Crippen molar-refractivity contribution in [3.63, 3.8) is 0 Å². The minimum atomic E-state index is -0.107. The Morgan fingerprint density at radius 1 is 1.09 bits per heavy atom. The van der Waals surface area contributed by atoms with Gasteiger partial charge in [0.25, 0.3) is 0 Å². The maximum Gasteiger partial charge on any atom is 0.226 e. The first-order valence-corrected chi connectivity index (χ1v) is 7.44. The van der Waals surface area contributed by atoms with Crippen LogP contribution in [-0.4, -0.2) is 20.6 Å². The van der Waals surface area contributed by atoms with Crippen LogP contribution < -0.4 is 5.32 Å². The van der Waals surface area contributed by atoms with Gasteiger partial charge in [0.1, 0.15) is 17.9 Å². The Balaban J connectivity index is 1.81. The predicted octanol–water partition coefficient (Wildman–Crippen LogP) is 3.05. The van der Waals surface area contributed by atoms with Crippen LogP contribution in [0.5, 0.6) is 5.75 Å². The molecule has 0 saturated heterocycles. The number of hydrogen-bond acceptors (Lipinski definition) is 3. The topological polar surface area (TPSA) is 67.1 Å². The average Bonchev–Trinajstić information content (AvgIpc) is 2.99. The van der Waals surface area contributed by atoms with Crippen molar-refractivity contribution in [1.82, 2.24) is 9.55 Å². The summed E-state index contributed by atoms with van der Waals surface area (Å²) in [7, 11) is 0. The van der Waals surface area contributed by atoms with Crippen LogP contribution >= 0.6 is 0 Å². The molecule has 2 aromatic carbocycles. The van der Waals surface area contributed by atoms with Crippen LogP contribution in [-0.2, 0) is 4.79 Å². The first-order valence-electron chi connectivity index (χ1n) is 7.44. The molecule has 1 aliphatic rings. The summed E-state index contributed by atoms with van der Waals surface area (Å²) in [5, 5.41) is 12.4. The zero-order chi connectivity index (χ0) is 15.8. The number of hydrogen-bond donors (Lipinski definition) is 2. The first kappa shape index (κ1) is 13.6. The molecule has 1 amide bonds. The fourth-order valence-corrected chi connectivity index (χ4v) is 2.97. The molecular weight excluding hydrogens is 290 g/mol. The zero-order valence-corrected chi connectivity index (χ0v) is 12.3. The highest BCUT2D eigenvalue weighted by Crippen LogP contribution is 2.37. The standard InChI is InChI=1S/C18H15N3O2/c22-14-8-6-12(7-9-14)15-10-16(23)20-18-17(15)19-11-21(18)13-4-2-1-3-5-13/h1-9,11,15,22H,10H2,(H,20,23)/t15-/m1/s1. The number of fused-ring (bicyclic) bond motifs is 1. The van der Waals surface area contributed by atoms with E-state index in [9.17, 15) is 9.90 Å². The molecule has 5 nitrogen and oxygen atoms in total. The molecule has 0 spiro atoms. The summed E-state index contributed by atoms with van der Waals surface area (Å²) in [6.07, 6.45) is 2.09. The van der Waals surface area contributed by atoms with Gasteiger partial charge >= 0.3 is 0 Å². The van der Waals surface area contributed by atoms with Crippen molar-refractivity contribution in [2.45, 2.75) is 12.3 Å². The zero-order valence-electron chi connectivity index (χ0n) is 12.3. The number of anilines is 1. The molecule has 0 bridgehead atoms. The Hall–Kier alpha value is -3.08. The van der Waals surface area contributed by atoms with Gasteiger partial charge in [0.2, 0.25) is 5.91 Å². The molecule has 0 unspecified atom stereocenters. The summed E-state index contributed by atoms with van der Waals surface area (Å²) in [6, 6.07) is 16.7. The summed E-state index contributed by atoms with van der Waals surface area (Å²) < 4.78 is 1.89. The van der Waals surface area contributed by atoms with Crippen LogP contribution in [0, 0.1) is 0 Å². The molecule has 3 aromatic rings. The van der Waals surface area contributed by atoms with Crippen molar-refractivity contribution < 1.29 is 9.90 Å². The number of imidazole rings is 1. The highest BCUT2D eigenvalue weighted by Gasteiger charge is 2.30. The van der Waals surface area contributed by atoms with Crippen LogP contribution in [0.3, 0.4) is 0 Å². The molecular formula is C18H15N3O2. The number of rotatable bonds is 2. The van der Waals surface area contributed by atoms with Gasteiger partial charge in [-0.2, -0.15) is 0 Å². The fourth-order valence-electron chi connectivity index (χ4n) is 2.97. The van der Waals surface area contributed by atoms with Gasteiger partial charge in [-0.15, -0.1) is 0 Å². The number of carbonyl (C=O) groups excluding carboxylic acids is 1. The number of amides is 1. The largest absolute Gasteiger partial charge is 0.508 e. The number of aromatic hydroxyl groups is 1. The van der Waals surface area contributed by atoms with E-state index in [1.165, 1.54) is 0 Å². The number of benzene rings is 2. The van der Waals surface area contributed by atoms with Crippen LogP contribution in [0.15, 0.2) is 60.9 Å². The SMILES string of the molecule is O=C1C[C@H](c2ccc(O)cc2)c2ncn(-c3ccccc3)c2N1. The van der Waals surface area contributed by atoms with E-state index in [4.69, 9.17) is 0 Å². The van der Waals surface area contributed by atoms with Gasteiger partial charge < -0.3 is 10.4 Å². The second kappa shape index (κ2) is 5.28. The van der Waals surface area contributed by atoms with Gasteiger partial charge in [-0.25, -0.2) is 4.98 Å². The van der Waals surface area contributed by atoms with E-state index in [1.54, 1.807) is 18.5 Å². The molecule has 5 heteroatoms. The van der Waals surface area contributed by atoms with Crippen molar-refractivity contribution in [3.8, 4) is 11.4 Å². The molecule has 2 N–H and O–H groups in total. The normalized spacial score (nSPS) is 16.7. The van der Waals surface area contributed by atoms with E-state index in [1.807, 2.05) is 47.0 Å². The van der Waals surface area contributed by atoms with E-state index >= 15 is 0 Å². The maximum atomic E-state index is 12.2. The number of carbonyl (C=O) groups is 1. The lowest BCUT2D eigenvalue weighted by atomic mass is 9.90. The Bertz CT molecular complexity index is 854. The Morgan fingerprint density at radius 3 is 2.57 bits per heavy atom. The number of phenolic OH excluding ortho intramolecular Hbond substituents is 1. The Kier molecular flexibility index (Phi) is 3.12. The van der Waals surface area contributed by atoms with Crippen LogP contribution in [0.25, 0.3) is 5.69 Å². The van der Waals surface area contributed by atoms with Crippen LogP contribution in [0.4, 0.5) is 5.82 Å². The van der Waals surface area contributed by atoms with Crippen LogP contribution in [0.1, 0.15) is 23.6 Å². The third-order valence-electron chi connectivity index (χ3n) is 4.10. The number of aromatic nitrogens is 2. The monoisotopic (exact) mass is 305 g/mol. The molecule has 114 valence electrons. The van der Waals surface area contributed by atoms with Gasteiger partial charge in [0.05, 0.1) is 5.69 Å². The summed E-state index contributed by atoms with van der Waals surface area (Å²) in [5.74, 6) is 0.784. The Labute approximate surface area is 133 Å². The smallest absolute Gasteiger partial charge is 0.226 e. The van der Waals surface area contributed by atoms with Crippen LogP contribution in [0.2, 0.25) is 0 Å². The molecule has 0 fully saturated rings. The van der Waals surface area contributed by atoms with E-state index < -0.39 is 0 Å². The average molecular weight is 305 g/mol. The molecule has 2 heterocycles. The number of nitrogens with one attached hydrogen (secondary N) is 1. The van der Waals surface area contributed by atoms with Gasteiger partial charge in [-0.3, -0.25) is 9.36 Å². The number of phenols is 1. The lowest BCUT2D eigenvalue weighted by Crippen LogP contribution is -2.24. The fraction of sp³-hybridized carbons (Fsp3) is 0.111. The van der Waals surface area contributed by atoms with Crippen molar-refractivity contribution in [3.05, 3.63) is 72.2 Å². The predicted molar refractivity (Wildman–Crippen MR) is 86.8 cm³/mol. The summed E-state index contributed by atoms with van der Waals surface area (Å²) >= 11 is 0. The molecule has 23 heavy (non-hydrogen) atoms. The van der Waals surface area contributed by atoms with Crippen molar-refractivity contribution >= 4 is 11.7 Å². The second-order valence-corrected chi connectivity index (χ2v) is 5.58.